The number of sulfonamides is 1. The van der Waals surface area contributed by atoms with Gasteiger partial charge in [0.2, 0.25) is 10.0 Å². The van der Waals surface area contributed by atoms with Crippen molar-refractivity contribution in [2.75, 3.05) is 18.5 Å². The van der Waals surface area contributed by atoms with E-state index in [-0.39, 0.29) is 30.2 Å². The Hall–Kier alpha value is -2.17. The van der Waals surface area contributed by atoms with Gasteiger partial charge in [0, 0.05) is 17.3 Å². The number of carbonyl (C=O) groups is 1. The third kappa shape index (κ3) is 6.66. The molecule has 2 aromatic carbocycles. The second-order valence-corrected chi connectivity index (χ2v) is 9.90. The van der Waals surface area contributed by atoms with Crippen molar-refractivity contribution in [3.8, 4) is 0 Å². The van der Waals surface area contributed by atoms with E-state index < -0.39 is 22.2 Å². The summed E-state index contributed by atoms with van der Waals surface area (Å²) >= 11 is 5.93. The Balaban J connectivity index is 1.47. The van der Waals surface area contributed by atoms with Crippen LogP contribution in [0.2, 0.25) is 5.02 Å². The number of rotatable bonds is 8. The van der Waals surface area contributed by atoms with E-state index in [1.807, 2.05) is 0 Å². The largest absolute Gasteiger partial charge is 0.394 e. The fourth-order valence-corrected chi connectivity index (χ4v) is 5.18. The van der Waals surface area contributed by atoms with Crippen LogP contribution >= 0.6 is 11.6 Å². The number of nitrogens with one attached hydrogen (secondary N) is 3. The molecular weight excluding hydrogens is 454 g/mol. The lowest BCUT2D eigenvalue weighted by Gasteiger charge is -2.36. The normalized spacial score (nSPS) is 21.2. The van der Waals surface area contributed by atoms with Gasteiger partial charge in [0.25, 0.3) is 0 Å². The van der Waals surface area contributed by atoms with Crippen molar-refractivity contribution < 1.29 is 23.1 Å². The summed E-state index contributed by atoms with van der Waals surface area (Å²) < 4.78 is 33.5. The molecule has 0 aliphatic carbocycles. The Bertz CT molecular complexity index is 1030. The molecule has 0 saturated carbocycles. The van der Waals surface area contributed by atoms with Crippen LogP contribution in [-0.4, -0.2) is 51.0 Å². The molecule has 0 aromatic heterocycles. The standard InChI is InChI=1S/C22H28ClN3O5S/c1-15-5-2-3-8-21(15)32(29,30)24-12-11-18-9-10-19(20(14-27)31-18)26-22(28)25-17-7-4-6-16(23)13-17/h2-8,13,18-20,24,27H,9-12,14H2,1H3,(H2,25,26,28)/t18-,19+,20+/m0/s1. The van der Waals surface area contributed by atoms with Gasteiger partial charge in [0.05, 0.1) is 23.6 Å². The number of urea groups is 1. The topological polar surface area (TPSA) is 117 Å². The summed E-state index contributed by atoms with van der Waals surface area (Å²) in [7, 11) is -3.60. The molecule has 1 saturated heterocycles. The van der Waals surface area contributed by atoms with E-state index in [0.717, 1.165) is 0 Å². The highest BCUT2D eigenvalue weighted by Crippen LogP contribution is 2.23. The maximum Gasteiger partial charge on any atom is 0.319 e. The minimum Gasteiger partial charge on any atom is -0.394 e. The third-order valence-electron chi connectivity index (χ3n) is 5.34. The van der Waals surface area contributed by atoms with Crippen LogP contribution in [0.5, 0.6) is 0 Å². The zero-order valence-electron chi connectivity index (χ0n) is 17.8. The highest BCUT2D eigenvalue weighted by Gasteiger charge is 2.32. The number of hydrogen-bond acceptors (Lipinski definition) is 5. The highest BCUT2D eigenvalue weighted by molar-refractivity contribution is 7.89. The monoisotopic (exact) mass is 481 g/mol. The Morgan fingerprint density at radius 3 is 2.69 bits per heavy atom. The summed E-state index contributed by atoms with van der Waals surface area (Å²) in [5.41, 5.74) is 1.24. The number of aliphatic hydroxyl groups is 1. The molecule has 0 radical (unpaired) electrons. The van der Waals surface area contributed by atoms with Crippen LogP contribution in [0, 0.1) is 6.92 Å². The zero-order valence-corrected chi connectivity index (χ0v) is 19.3. The SMILES string of the molecule is Cc1ccccc1S(=O)(=O)NCC[C@@H]1CC[C@@H](NC(=O)Nc2cccc(Cl)c2)[C@@H](CO)O1. The molecule has 1 heterocycles. The molecule has 2 aromatic rings. The average Bonchev–Trinajstić information content (AvgIpc) is 2.74. The molecule has 32 heavy (non-hydrogen) atoms. The van der Waals surface area contributed by atoms with Crippen molar-refractivity contribution in [2.24, 2.45) is 0 Å². The Morgan fingerprint density at radius 1 is 1.19 bits per heavy atom. The van der Waals surface area contributed by atoms with Crippen LogP contribution in [0.3, 0.4) is 0 Å². The lowest BCUT2D eigenvalue weighted by Crippen LogP contribution is -2.52. The Labute approximate surface area is 193 Å². The molecule has 0 spiro atoms. The van der Waals surface area contributed by atoms with Crippen LogP contribution in [-0.2, 0) is 14.8 Å². The lowest BCUT2D eigenvalue weighted by molar-refractivity contribution is -0.0884. The first-order valence-corrected chi connectivity index (χ1v) is 12.3. The average molecular weight is 482 g/mol. The van der Waals surface area contributed by atoms with Gasteiger partial charge >= 0.3 is 6.03 Å². The first-order valence-electron chi connectivity index (χ1n) is 10.4. The van der Waals surface area contributed by atoms with E-state index in [1.54, 1.807) is 55.5 Å². The van der Waals surface area contributed by atoms with Gasteiger partial charge < -0.3 is 20.5 Å². The van der Waals surface area contributed by atoms with Gasteiger partial charge in [0.1, 0.15) is 6.10 Å². The molecule has 10 heteroatoms. The van der Waals surface area contributed by atoms with E-state index in [0.29, 0.717) is 35.5 Å². The molecule has 1 fully saturated rings. The van der Waals surface area contributed by atoms with Gasteiger partial charge in [-0.3, -0.25) is 0 Å². The number of hydrogen-bond donors (Lipinski definition) is 4. The first kappa shape index (κ1) is 24.5. The molecule has 3 rings (SSSR count). The van der Waals surface area contributed by atoms with E-state index in [9.17, 15) is 18.3 Å². The van der Waals surface area contributed by atoms with Gasteiger partial charge in [-0.2, -0.15) is 0 Å². The predicted octanol–water partition coefficient (Wildman–Crippen LogP) is 3.05. The lowest BCUT2D eigenvalue weighted by atomic mass is 9.97. The number of carbonyl (C=O) groups excluding carboxylic acids is 1. The van der Waals surface area contributed by atoms with Gasteiger partial charge in [-0.15, -0.1) is 0 Å². The van der Waals surface area contributed by atoms with Crippen molar-refractivity contribution in [2.45, 2.75) is 49.3 Å². The highest BCUT2D eigenvalue weighted by atomic mass is 35.5. The number of ether oxygens (including phenoxy) is 1. The minimum atomic E-state index is -3.60. The van der Waals surface area contributed by atoms with Crippen LogP contribution in [0.4, 0.5) is 10.5 Å². The summed E-state index contributed by atoms with van der Waals surface area (Å²) in [5, 5.41) is 15.8. The smallest absolute Gasteiger partial charge is 0.319 e. The van der Waals surface area contributed by atoms with E-state index in [2.05, 4.69) is 15.4 Å². The van der Waals surface area contributed by atoms with Crippen molar-refractivity contribution in [3.05, 3.63) is 59.1 Å². The van der Waals surface area contributed by atoms with Gasteiger partial charge in [-0.1, -0.05) is 35.9 Å². The number of halogens is 1. The van der Waals surface area contributed by atoms with Crippen LogP contribution in [0.25, 0.3) is 0 Å². The molecule has 174 valence electrons. The number of amides is 2. The molecular formula is C22H28ClN3O5S. The second-order valence-electron chi connectivity index (χ2n) is 7.72. The molecule has 2 amide bonds. The summed E-state index contributed by atoms with van der Waals surface area (Å²) in [6.07, 6.45) is 0.893. The predicted molar refractivity (Wildman–Crippen MR) is 123 cm³/mol. The van der Waals surface area contributed by atoms with Crippen LogP contribution in [0.1, 0.15) is 24.8 Å². The fraction of sp³-hybridized carbons (Fsp3) is 0.409. The molecule has 0 unspecified atom stereocenters. The maximum absolute atomic E-state index is 12.5. The maximum atomic E-state index is 12.5. The molecule has 3 atom stereocenters. The van der Waals surface area contributed by atoms with Crippen LogP contribution in [0.15, 0.2) is 53.4 Å². The second kappa shape index (κ2) is 11.1. The number of benzene rings is 2. The first-order chi connectivity index (χ1) is 15.3. The van der Waals surface area contributed by atoms with Crippen molar-refractivity contribution >= 4 is 33.3 Å². The summed E-state index contributed by atoms with van der Waals surface area (Å²) in [6, 6.07) is 12.8. The van der Waals surface area contributed by atoms with Crippen molar-refractivity contribution in [3.63, 3.8) is 0 Å². The molecule has 8 nitrogen and oxygen atoms in total. The van der Waals surface area contributed by atoms with Gasteiger partial charge in [0.15, 0.2) is 0 Å². The van der Waals surface area contributed by atoms with E-state index in [4.69, 9.17) is 16.3 Å². The summed E-state index contributed by atoms with van der Waals surface area (Å²) in [4.78, 5) is 12.6. The summed E-state index contributed by atoms with van der Waals surface area (Å²) in [6.45, 7) is 1.71. The fourth-order valence-electron chi connectivity index (χ4n) is 3.70. The Kier molecular flexibility index (Phi) is 8.50. The molecule has 0 bridgehead atoms. The molecule has 1 aliphatic heterocycles. The number of aryl methyl sites for hydroxylation is 1. The third-order valence-corrected chi connectivity index (χ3v) is 7.19. The van der Waals surface area contributed by atoms with E-state index >= 15 is 0 Å². The zero-order chi connectivity index (χ0) is 23.1. The quantitative estimate of drug-likeness (QED) is 0.462. The molecule has 1 aliphatic rings. The minimum absolute atomic E-state index is 0.215. The number of aliphatic hydroxyl groups excluding tert-OH is 1. The molecule has 4 N–H and O–H groups in total. The summed E-state index contributed by atoms with van der Waals surface area (Å²) in [5.74, 6) is 0. The Morgan fingerprint density at radius 2 is 1.97 bits per heavy atom. The number of anilines is 1. The van der Waals surface area contributed by atoms with E-state index in [1.165, 1.54) is 0 Å². The van der Waals surface area contributed by atoms with Crippen molar-refractivity contribution in [1.29, 1.82) is 0 Å². The van der Waals surface area contributed by atoms with Gasteiger partial charge in [-0.25, -0.2) is 17.9 Å². The van der Waals surface area contributed by atoms with Crippen LogP contribution < -0.4 is 15.4 Å². The van der Waals surface area contributed by atoms with Crippen molar-refractivity contribution in [1.82, 2.24) is 10.0 Å². The van der Waals surface area contributed by atoms with Gasteiger partial charge in [-0.05, 0) is 56.0 Å².